The number of hydrogen-bond acceptors (Lipinski definition) is 4. The Kier molecular flexibility index (Phi) is 8.18. The molecule has 4 heteroatoms. The Balaban J connectivity index is 1.35. The summed E-state index contributed by atoms with van der Waals surface area (Å²) in [6, 6.07) is 34.9. The van der Waals surface area contributed by atoms with Gasteiger partial charge < -0.3 is 14.8 Å². The van der Waals surface area contributed by atoms with Gasteiger partial charge in [-0.05, 0) is 65.6 Å². The minimum atomic E-state index is -0.345. The highest BCUT2D eigenvalue weighted by Crippen LogP contribution is 2.22. The number of rotatable bonds is 11. The molecule has 4 nitrogen and oxygen atoms in total. The van der Waals surface area contributed by atoms with E-state index in [9.17, 15) is 4.79 Å². The molecule has 0 bridgehead atoms. The fraction of sp³-hybridized carbons (Fsp3) is 0.194. The molecule has 0 aliphatic heterocycles. The topological polar surface area (TPSA) is 47.6 Å². The van der Waals surface area contributed by atoms with Crippen molar-refractivity contribution in [2.45, 2.75) is 33.1 Å². The SMILES string of the molecule is CC(C)C(Nc1ccc(OCc2ccccc2)cc1)C(=O)c1ccc(OCc2ccccc2)cc1. The monoisotopic (exact) mass is 465 g/mol. The first-order valence-electron chi connectivity index (χ1n) is 11.9. The molecule has 0 amide bonds. The summed E-state index contributed by atoms with van der Waals surface area (Å²) in [6.45, 7) is 5.11. The maximum atomic E-state index is 13.3. The van der Waals surface area contributed by atoms with Gasteiger partial charge in [-0.3, -0.25) is 4.79 Å². The van der Waals surface area contributed by atoms with E-state index in [0.717, 1.165) is 28.3 Å². The molecule has 0 saturated carbocycles. The lowest BCUT2D eigenvalue weighted by Gasteiger charge is -2.23. The van der Waals surface area contributed by atoms with E-state index in [1.54, 1.807) is 0 Å². The number of ether oxygens (including phenoxy) is 2. The third-order valence-electron chi connectivity index (χ3n) is 5.76. The van der Waals surface area contributed by atoms with E-state index in [1.807, 2.05) is 123 Å². The fourth-order valence-corrected chi connectivity index (χ4v) is 3.74. The summed E-state index contributed by atoms with van der Waals surface area (Å²) in [4.78, 5) is 13.3. The lowest BCUT2D eigenvalue weighted by Crippen LogP contribution is -2.34. The van der Waals surface area contributed by atoms with E-state index in [4.69, 9.17) is 9.47 Å². The lowest BCUT2D eigenvalue weighted by molar-refractivity contribution is 0.0951. The van der Waals surface area contributed by atoms with Crippen molar-refractivity contribution in [3.63, 3.8) is 0 Å². The summed E-state index contributed by atoms with van der Waals surface area (Å²) in [5.74, 6) is 1.70. The van der Waals surface area contributed by atoms with Crippen LogP contribution in [0.4, 0.5) is 5.69 Å². The number of Topliss-reactive ketones (excluding diaryl/α,β-unsaturated/α-hetero) is 1. The highest BCUT2D eigenvalue weighted by molar-refractivity contribution is 6.01. The number of nitrogens with one attached hydrogen (secondary N) is 1. The summed E-state index contributed by atoms with van der Waals surface area (Å²) in [5, 5.41) is 3.40. The van der Waals surface area contributed by atoms with Crippen LogP contribution in [0.3, 0.4) is 0 Å². The van der Waals surface area contributed by atoms with E-state index in [0.29, 0.717) is 18.8 Å². The molecule has 1 atom stereocenters. The largest absolute Gasteiger partial charge is 0.489 e. The van der Waals surface area contributed by atoms with Gasteiger partial charge in [0.05, 0.1) is 6.04 Å². The molecule has 0 aliphatic rings. The number of hydrogen-bond donors (Lipinski definition) is 1. The summed E-state index contributed by atoms with van der Waals surface area (Å²) >= 11 is 0. The van der Waals surface area contributed by atoms with Crippen molar-refractivity contribution in [3.05, 3.63) is 126 Å². The summed E-state index contributed by atoms with van der Waals surface area (Å²) in [5.41, 5.74) is 3.77. The van der Waals surface area contributed by atoms with Crippen LogP contribution in [0.15, 0.2) is 109 Å². The maximum Gasteiger partial charge on any atom is 0.185 e. The molecule has 178 valence electrons. The Hall–Kier alpha value is -4.05. The molecule has 4 rings (SSSR count). The predicted octanol–water partition coefficient (Wildman–Crippen LogP) is 7.16. The zero-order valence-electron chi connectivity index (χ0n) is 20.2. The van der Waals surface area contributed by atoms with Gasteiger partial charge in [0.15, 0.2) is 5.78 Å². The zero-order chi connectivity index (χ0) is 24.5. The molecule has 0 saturated heterocycles. The van der Waals surface area contributed by atoms with Crippen molar-refractivity contribution in [1.82, 2.24) is 0 Å². The Morgan fingerprint density at radius 2 is 1.11 bits per heavy atom. The molecule has 0 spiro atoms. The minimum Gasteiger partial charge on any atom is -0.489 e. The molecule has 0 radical (unpaired) electrons. The van der Waals surface area contributed by atoms with Crippen molar-refractivity contribution < 1.29 is 14.3 Å². The minimum absolute atomic E-state index is 0.0546. The highest BCUT2D eigenvalue weighted by Gasteiger charge is 2.23. The van der Waals surface area contributed by atoms with Crippen LogP contribution in [0, 0.1) is 5.92 Å². The van der Waals surface area contributed by atoms with E-state index >= 15 is 0 Å². The van der Waals surface area contributed by atoms with E-state index in [2.05, 4.69) is 5.32 Å². The van der Waals surface area contributed by atoms with Gasteiger partial charge in [-0.2, -0.15) is 0 Å². The zero-order valence-corrected chi connectivity index (χ0v) is 20.2. The predicted molar refractivity (Wildman–Crippen MR) is 141 cm³/mol. The Labute approximate surface area is 207 Å². The van der Waals surface area contributed by atoms with Gasteiger partial charge in [0.1, 0.15) is 24.7 Å². The van der Waals surface area contributed by atoms with E-state index < -0.39 is 0 Å². The second-order valence-electron chi connectivity index (χ2n) is 8.83. The quantitative estimate of drug-likeness (QED) is 0.239. The van der Waals surface area contributed by atoms with Crippen LogP contribution >= 0.6 is 0 Å². The van der Waals surface area contributed by atoms with Crippen LogP contribution in [-0.4, -0.2) is 11.8 Å². The van der Waals surface area contributed by atoms with Crippen LogP contribution in [0.25, 0.3) is 0 Å². The van der Waals surface area contributed by atoms with Gasteiger partial charge in [-0.25, -0.2) is 0 Å². The van der Waals surface area contributed by atoms with Crippen molar-refractivity contribution in [3.8, 4) is 11.5 Å². The molecular formula is C31H31NO3. The molecule has 0 fully saturated rings. The molecule has 1 N–H and O–H groups in total. The van der Waals surface area contributed by atoms with Crippen molar-refractivity contribution in [2.24, 2.45) is 5.92 Å². The number of benzene rings is 4. The number of carbonyl (C=O) groups is 1. The Morgan fingerprint density at radius 3 is 1.57 bits per heavy atom. The van der Waals surface area contributed by atoms with Gasteiger partial charge in [-0.1, -0.05) is 74.5 Å². The fourth-order valence-electron chi connectivity index (χ4n) is 3.74. The summed E-state index contributed by atoms with van der Waals surface area (Å²) in [6.07, 6.45) is 0. The van der Waals surface area contributed by atoms with Crippen molar-refractivity contribution in [2.75, 3.05) is 5.32 Å². The third kappa shape index (κ3) is 6.97. The van der Waals surface area contributed by atoms with Gasteiger partial charge in [0, 0.05) is 11.3 Å². The average Bonchev–Trinajstić information content (AvgIpc) is 2.91. The summed E-state index contributed by atoms with van der Waals surface area (Å²) < 4.78 is 11.7. The first-order valence-corrected chi connectivity index (χ1v) is 11.9. The molecule has 0 heterocycles. The van der Waals surface area contributed by atoms with E-state index in [-0.39, 0.29) is 17.7 Å². The van der Waals surface area contributed by atoms with Crippen LogP contribution in [0.2, 0.25) is 0 Å². The molecule has 1 unspecified atom stereocenters. The third-order valence-corrected chi connectivity index (χ3v) is 5.76. The molecule has 0 aliphatic carbocycles. The van der Waals surface area contributed by atoms with Crippen molar-refractivity contribution >= 4 is 11.5 Å². The second kappa shape index (κ2) is 11.9. The van der Waals surface area contributed by atoms with Crippen LogP contribution in [0.1, 0.15) is 35.3 Å². The van der Waals surface area contributed by atoms with Gasteiger partial charge in [0.2, 0.25) is 0 Å². The Bertz CT molecular complexity index is 1190. The first kappa shape index (κ1) is 24.1. The standard InChI is InChI=1S/C31H31NO3/c1-23(2)30(32-27-15-19-29(20-16-27)35-22-25-11-7-4-8-12-25)31(33)26-13-17-28(18-14-26)34-21-24-9-5-3-6-10-24/h3-20,23,30,32H,21-22H2,1-2H3. The van der Waals surface area contributed by atoms with Crippen LogP contribution < -0.4 is 14.8 Å². The smallest absolute Gasteiger partial charge is 0.185 e. The van der Waals surface area contributed by atoms with Gasteiger partial charge in [0.25, 0.3) is 0 Å². The first-order chi connectivity index (χ1) is 17.1. The molecule has 0 aromatic heterocycles. The van der Waals surface area contributed by atoms with Gasteiger partial charge in [-0.15, -0.1) is 0 Å². The summed E-state index contributed by atoms with van der Waals surface area (Å²) in [7, 11) is 0. The molecule has 4 aromatic rings. The van der Waals surface area contributed by atoms with Gasteiger partial charge >= 0.3 is 0 Å². The highest BCUT2D eigenvalue weighted by atomic mass is 16.5. The molecule has 35 heavy (non-hydrogen) atoms. The number of anilines is 1. The Morgan fingerprint density at radius 1 is 0.657 bits per heavy atom. The van der Waals surface area contributed by atoms with Crippen molar-refractivity contribution in [1.29, 1.82) is 0 Å². The van der Waals surface area contributed by atoms with Crippen LogP contribution in [-0.2, 0) is 13.2 Å². The number of ketones is 1. The average molecular weight is 466 g/mol. The normalized spacial score (nSPS) is 11.6. The lowest BCUT2D eigenvalue weighted by atomic mass is 9.94. The van der Waals surface area contributed by atoms with E-state index in [1.165, 1.54) is 0 Å². The van der Waals surface area contributed by atoms with Crippen LogP contribution in [0.5, 0.6) is 11.5 Å². The molecule has 4 aromatic carbocycles. The second-order valence-corrected chi connectivity index (χ2v) is 8.83. The maximum absolute atomic E-state index is 13.3. The number of carbonyl (C=O) groups excluding carboxylic acids is 1. The molecular weight excluding hydrogens is 434 g/mol.